The molecule has 4 aromatic rings. The van der Waals surface area contributed by atoms with E-state index in [9.17, 15) is 4.79 Å². The van der Waals surface area contributed by atoms with Gasteiger partial charge in [0.1, 0.15) is 0 Å². The van der Waals surface area contributed by atoms with Gasteiger partial charge in [-0.15, -0.1) is 0 Å². The number of carbonyl (C=O) groups is 1. The predicted octanol–water partition coefficient (Wildman–Crippen LogP) is 6.15. The summed E-state index contributed by atoms with van der Waals surface area (Å²) in [6, 6.07) is 24.5. The molecule has 0 radical (unpaired) electrons. The van der Waals surface area contributed by atoms with Crippen molar-refractivity contribution in [2.75, 3.05) is 17.3 Å². The molecule has 1 amide bonds. The highest BCUT2D eigenvalue weighted by Crippen LogP contribution is 2.45. The summed E-state index contributed by atoms with van der Waals surface area (Å²) in [7, 11) is 2.12. The molecule has 8 heteroatoms. The predicted molar refractivity (Wildman–Crippen MR) is 141 cm³/mol. The Kier molecular flexibility index (Phi) is 5.93. The average Bonchev–Trinajstić information content (AvgIpc) is 3.57. The summed E-state index contributed by atoms with van der Waals surface area (Å²) in [5.74, 6) is 0.390. The van der Waals surface area contributed by atoms with Gasteiger partial charge in [0.05, 0.1) is 5.69 Å². The van der Waals surface area contributed by atoms with E-state index in [1.54, 1.807) is 4.57 Å². The van der Waals surface area contributed by atoms with Gasteiger partial charge in [-0.05, 0) is 85.8 Å². The Bertz CT molecular complexity index is 1420. The maximum atomic E-state index is 12.9. The lowest BCUT2D eigenvalue weighted by Crippen LogP contribution is -2.21. The van der Waals surface area contributed by atoms with E-state index in [2.05, 4.69) is 58.7 Å². The van der Waals surface area contributed by atoms with Crippen LogP contribution in [0.5, 0.6) is 0 Å². The van der Waals surface area contributed by atoms with Crippen LogP contribution in [-0.4, -0.2) is 33.8 Å². The summed E-state index contributed by atoms with van der Waals surface area (Å²) in [5.41, 5.74) is 5.82. The minimum Gasteiger partial charge on any atom is -0.371 e. The van der Waals surface area contributed by atoms with Gasteiger partial charge < -0.3 is 10.2 Å². The monoisotopic (exact) mass is 487 g/mol. The largest absolute Gasteiger partial charge is 0.371 e. The number of hydrogen-bond acceptors (Lipinski definition) is 4. The number of rotatable bonds is 6. The molecule has 0 aliphatic heterocycles. The number of aromatic amines is 2. The third-order valence-corrected chi connectivity index (χ3v) is 6.91. The molecule has 172 valence electrons. The molecule has 2 atom stereocenters. The Hall–Kier alpha value is -3.49. The Labute approximate surface area is 208 Å². The summed E-state index contributed by atoms with van der Waals surface area (Å²) in [5, 5.41) is 8.60. The van der Waals surface area contributed by atoms with E-state index in [-0.39, 0.29) is 5.91 Å². The molecular formula is C26H25N5OS2. The van der Waals surface area contributed by atoms with Crippen molar-refractivity contribution in [3.8, 4) is 5.69 Å². The fourth-order valence-electron chi connectivity index (χ4n) is 4.29. The Balaban J connectivity index is 1.26. The maximum Gasteiger partial charge on any atom is 0.255 e. The molecule has 5 rings (SSSR count). The second-order valence-corrected chi connectivity index (χ2v) is 9.45. The van der Waals surface area contributed by atoms with E-state index in [1.807, 2.05) is 48.5 Å². The number of aromatic nitrogens is 3. The van der Waals surface area contributed by atoms with Gasteiger partial charge in [0.2, 0.25) is 0 Å². The fraction of sp³-hybridized carbons (Fsp3) is 0.192. The molecular weight excluding hydrogens is 462 g/mol. The zero-order valence-corrected chi connectivity index (χ0v) is 20.5. The molecule has 1 fully saturated rings. The summed E-state index contributed by atoms with van der Waals surface area (Å²) >= 11 is 10.6. The van der Waals surface area contributed by atoms with Crippen LogP contribution in [0.1, 0.15) is 33.8 Å². The summed E-state index contributed by atoms with van der Waals surface area (Å²) in [6.45, 7) is 2.11. The molecule has 1 aliphatic rings. The van der Waals surface area contributed by atoms with Crippen molar-refractivity contribution in [2.24, 2.45) is 0 Å². The quantitative estimate of drug-likeness (QED) is 0.286. The Morgan fingerprint density at radius 1 is 1.00 bits per heavy atom. The normalized spacial score (nSPS) is 16.8. The zero-order valence-electron chi connectivity index (χ0n) is 18.9. The lowest BCUT2D eigenvalue weighted by atomic mass is 10.1. The average molecular weight is 488 g/mol. The first-order valence-corrected chi connectivity index (χ1v) is 11.9. The van der Waals surface area contributed by atoms with Gasteiger partial charge in [0, 0.05) is 35.9 Å². The van der Waals surface area contributed by atoms with Crippen LogP contribution in [0.2, 0.25) is 0 Å². The van der Waals surface area contributed by atoms with E-state index in [4.69, 9.17) is 24.4 Å². The summed E-state index contributed by atoms with van der Waals surface area (Å²) in [6.07, 6.45) is 1.15. The molecule has 1 aromatic heterocycles. The van der Waals surface area contributed by atoms with Gasteiger partial charge in [0.25, 0.3) is 5.91 Å². The molecule has 6 nitrogen and oxygen atoms in total. The number of hydrogen-bond donors (Lipinski definition) is 3. The lowest BCUT2D eigenvalue weighted by molar-refractivity contribution is 0.102. The van der Waals surface area contributed by atoms with Gasteiger partial charge >= 0.3 is 0 Å². The highest BCUT2D eigenvalue weighted by molar-refractivity contribution is 7.72. The van der Waals surface area contributed by atoms with Crippen LogP contribution < -0.4 is 10.2 Å². The molecule has 34 heavy (non-hydrogen) atoms. The van der Waals surface area contributed by atoms with Crippen LogP contribution in [0.3, 0.4) is 0 Å². The Morgan fingerprint density at radius 3 is 2.35 bits per heavy atom. The van der Waals surface area contributed by atoms with Crippen molar-refractivity contribution in [2.45, 2.75) is 25.3 Å². The number of amides is 1. The highest BCUT2D eigenvalue weighted by atomic mass is 32.1. The third-order valence-electron chi connectivity index (χ3n) is 6.34. The number of H-pyrrole nitrogens is 2. The van der Waals surface area contributed by atoms with E-state index in [1.165, 1.54) is 11.1 Å². The van der Waals surface area contributed by atoms with Crippen molar-refractivity contribution < 1.29 is 4.79 Å². The smallest absolute Gasteiger partial charge is 0.255 e. The number of aryl methyl sites for hydroxylation is 1. The number of carbonyl (C=O) groups excluding carboxylic acids is 1. The first kappa shape index (κ1) is 22.3. The molecule has 1 saturated carbocycles. The van der Waals surface area contributed by atoms with Gasteiger partial charge in [-0.1, -0.05) is 35.9 Å². The maximum absolute atomic E-state index is 12.9. The van der Waals surface area contributed by atoms with Crippen molar-refractivity contribution in [3.05, 3.63) is 99.0 Å². The SMILES string of the molecule is Cc1ccc(C2CC2N(C)c2ccc(C(=O)Nc3cccc(-n4c(=S)[nH][nH]c4=S)c3)cc2)cc1. The number of nitrogens with zero attached hydrogens (tertiary/aromatic N) is 2. The number of benzene rings is 3. The minimum absolute atomic E-state index is 0.168. The minimum atomic E-state index is -0.168. The highest BCUT2D eigenvalue weighted by Gasteiger charge is 2.41. The van der Waals surface area contributed by atoms with Crippen molar-refractivity contribution >= 4 is 41.7 Å². The number of likely N-dealkylation sites (N-methyl/N-ethyl adjacent to an activating group) is 1. The summed E-state index contributed by atoms with van der Waals surface area (Å²) < 4.78 is 2.63. The first-order chi connectivity index (χ1) is 16.4. The van der Waals surface area contributed by atoms with Crippen LogP contribution in [0.15, 0.2) is 72.8 Å². The second-order valence-electron chi connectivity index (χ2n) is 8.68. The first-order valence-electron chi connectivity index (χ1n) is 11.1. The van der Waals surface area contributed by atoms with Crippen LogP contribution >= 0.6 is 24.4 Å². The van der Waals surface area contributed by atoms with Gasteiger partial charge in [0.15, 0.2) is 9.54 Å². The standard InChI is InChI=1S/C26H25N5OS2/c1-16-6-8-17(9-7-16)22-15-23(22)30(2)20-12-10-18(11-13-20)24(32)27-19-4-3-5-21(14-19)31-25(33)28-29-26(31)34/h3-14,22-23H,15H2,1-2H3,(H,27,32)(H,28,33)(H,29,34). The molecule has 3 N–H and O–H groups in total. The molecule has 1 heterocycles. The fourth-order valence-corrected chi connectivity index (χ4v) is 4.85. The second kappa shape index (κ2) is 9.04. The zero-order chi connectivity index (χ0) is 23.8. The van der Waals surface area contributed by atoms with Crippen molar-refractivity contribution in [3.63, 3.8) is 0 Å². The molecule has 3 aromatic carbocycles. The van der Waals surface area contributed by atoms with E-state index < -0.39 is 0 Å². The van der Waals surface area contributed by atoms with E-state index >= 15 is 0 Å². The molecule has 0 bridgehead atoms. The number of anilines is 2. The number of nitrogens with one attached hydrogen (secondary N) is 3. The van der Waals surface area contributed by atoms with Gasteiger partial charge in [-0.2, -0.15) is 0 Å². The van der Waals surface area contributed by atoms with E-state index in [0.29, 0.717) is 32.8 Å². The molecule has 0 spiro atoms. The van der Waals surface area contributed by atoms with Crippen LogP contribution in [0, 0.1) is 16.5 Å². The van der Waals surface area contributed by atoms with Crippen LogP contribution in [0.4, 0.5) is 11.4 Å². The molecule has 1 aliphatic carbocycles. The van der Waals surface area contributed by atoms with Crippen molar-refractivity contribution in [1.82, 2.24) is 14.8 Å². The van der Waals surface area contributed by atoms with Crippen LogP contribution in [-0.2, 0) is 0 Å². The topological polar surface area (TPSA) is 68.8 Å². The summed E-state index contributed by atoms with van der Waals surface area (Å²) in [4.78, 5) is 15.2. The third kappa shape index (κ3) is 4.47. The van der Waals surface area contributed by atoms with Gasteiger partial charge in [-0.3, -0.25) is 19.6 Å². The molecule has 0 saturated heterocycles. The van der Waals surface area contributed by atoms with E-state index in [0.717, 1.165) is 17.8 Å². The Morgan fingerprint density at radius 2 is 1.68 bits per heavy atom. The van der Waals surface area contributed by atoms with Crippen LogP contribution in [0.25, 0.3) is 5.69 Å². The molecule has 2 unspecified atom stereocenters. The lowest BCUT2D eigenvalue weighted by Gasteiger charge is -2.20. The van der Waals surface area contributed by atoms with Crippen molar-refractivity contribution in [1.29, 1.82) is 0 Å². The van der Waals surface area contributed by atoms with Gasteiger partial charge in [-0.25, -0.2) is 0 Å².